The summed E-state index contributed by atoms with van der Waals surface area (Å²) in [6.45, 7) is 1.99. The van der Waals surface area contributed by atoms with E-state index >= 15 is 0 Å². The van der Waals surface area contributed by atoms with Crippen LogP contribution in [-0.4, -0.2) is 13.1 Å². The molecule has 0 amide bonds. The molecule has 0 saturated carbocycles. The summed E-state index contributed by atoms with van der Waals surface area (Å²) in [4.78, 5) is 2.04. The Balaban J connectivity index is 2.39. The van der Waals surface area contributed by atoms with E-state index in [2.05, 4.69) is 28.1 Å². The van der Waals surface area contributed by atoms with Crippen molar-refractivity contribution in [2.75, 3.05) is 11.9 Å². The Morgan fingerprint density at radius 2 is 1.85 bits per heavy atom. The van der Waals surface area contributed by atoms with Gasteiger partial charge < -0.3 is 10.6 Å². The summed E-state index contributed by atoms with van der Waals surface area (Å²) in [7, 11) is 1.97. The highest BCUT2D eigenvalue weighted by atomic mass is 79.9. The van der Waals surface area contributed by atoms with Crippen molar-refractivity contribution in [2.45, 2.75) is 19.4 Å². The predicted octanol–water partition coefficient (Wildman–Crippen LogP) is 4.25. The molecule has 0 fully saturated rings. The fraction of sp³-hybridized carbons (Fsp3) is 0.250. The van der Waals surface area contributed by atoms with E-state index in [1.54, 1.807) is 12.1 Å². The zero-order valence-electron chi connectivity index (χ0n) is 11.6. The molecule has 4 heteroatoms. The number of hydrogen-bond donors (Lipinski definition) is 1. The zero-order valence-corrected chi connectivity index (χ0v) is 13.2. The van der Waals surface area contributed by atoms with Crippen LogP contribution in [0.5, 0.6) is 0 Å². The van der Waals surface area contributed by atoms with Gasteiger partial charge in [-0.15, -0.1) is 0 Å². The van der Waals surface area contributed by atoms with Gasteiger partial charge in [0.2, 0.25) is 0 Å². The van der Waals surface area contributed by atoms with Crippen LogP contribution in [0.4, 0.5) is 15.8 Å². The molecule has 1 unspecified atom stereocenters. The van der Waals surface area contributed by atoms with E-state index in [0.717, 1.165) is 22.3 Å². The summed E-state index contributed by atoms with van der Waals surface area (Å²) in [6.07, 6.45) is 0.800. The number of nitrogens with two attached hydrogens (primary N) is 1. The van der Waals surface area contributed by atoms with Gasteiger partial charge in [-0.3, -0.25) is 0 Å². The van der Waals surface area contributed by atoms with Gasteiger partial charge in [-0.25, -0.2) is 4.39 Å². The van der Waals surface area contributed by atoms with Crippen molar-refractivity contribution in [2.24, 2.45) is 5.73 Å². The summed E-state index contributed by atoms with van der Waals surface area (Å²) in [5, 5.41) is 0. The lowest BCUT2D eigenvalue weighted by Gasteiger charge is -2.24. The van der Waals surface area contributed by atoms with Crippen molar-refractivity contribution >= 4 is 27.3 Å². The van der Waals surface area contributed by atoms with Gasteiger partial charge in [-0.2, -0.15) is 0 Å². The van der Waals surface area contributed by atoms with Crippen LogP contribution in [0.1, 0.15) is 12.5 Å². The second kappa shape index (κ2) is 6.37. The first-order chi connectivity index (χ1) is 9.47. The fourth-order valence-corrected chi connectivity index (χ4v) is 2.52. The Kier molecular flexibility index (Phi) is 4.78. The van der Waals surface area contributed by atoms with Gasteiger partial charge >= 0.3 is 0 Å². The minimum absolute atomic E-state index is 0.0940. The third-order valence-electron chi connectivity index (χ3n) is 3.16. The minimum atomic E-state index is -0.229. The molecule has 0 saturated heterocycles. The van der Waals surface area contributed by atoms with E-state index in [0.29, 0.717) is 0 Å². The number of halogens is 2. The lowest BCUT2D eigenvalue weighted by molar-refractivity contribution is 0.628. The summed E-state index contributed by atoms with van der Waals surface area (Å²) < 4.78 is 14.0. The first kappa shape index (κ1) is 15.0. The molecule has 2 aromatic rings. The topological polar surface area (TPSA) is 29.3 Å². The van der Waals surface area contributed by atoms with E-state index in [4.69, 9.17) is 5.73 Å². The first-order valence-corrected chi connectivity index (χ1v) is 7.30. The van der Waals surface area contributed by atoms with Crippen molar-refractivity contribution in [1.29, 1.82) is 0 Å². The molecule has 0 heterocycles. The maximum atomic E-state index is 13.0. The van der Waals surface area contributed by atoms with Crippen LogP contribution in [-0.2, 0) is 6.42 Å². The molecule has 2 nitrogen and oxygen atoms in total. The second-order valence-electron chi connectivity index (χ2n) is 4.99. The van der Waals surface area contributed by atoms with Gasteiger partial charge in [-0.05, 0) is 55.3 Å². The molecule has 1 atom stereocenters. The Labute approximate surface area is 127 Å². The zero-order chi connectivity index (χ0) is 14.7. The van der Waals surface area contributed by atoms with Crippen LogP contribution in [0.2, 0.25) is 0 Å². The average Bonchev–Trinajstić information content (AvgIpc) is 2.40. The van der Waals surface area contributed by atoms with Crippen molar-refractivity contribution in [3.63, 3.8) is 0 Å². The Morgan fingerprint density at radius 1 is 1.20 bits per heavy atom. The molecule has 0 radical (unpaired) electrons. The second-order valence-corrected chi connectivity index (χ2v) is 5.91. The maximum absolute atomic E-state index is 13.0. The van der Waals surface area contributed by atoms with Gasteiger partial charge in [0.05, 0.1) is 0 Å². The molecule has 2 aromatic carbocycles. The normalized spacial score (nSPS) is 12.2. The molecule has 0 aliphatic heterocycles. The molecule has 0 aliphatic carbocycles. The summed E-state index contributed by atoms with van der Waals surface area (Å²) in [5.41, 5.74) is 9.10. The van der Waals surface area contributed by atoms with Crippen molar-refractivity contribution in [3.05, 3.63) is 58.3 Å². The van der Waals surface area contributed by atoms with Crippen molar-refractivity contribution < 1.29 is 4.39 Å². The fourth-order valence-electron chi connectivity index (χ4n) is 2.17. The number of anilines is 2. The minimum Gasteiger partial charge on any atom is -0.344 e. The van der Waals surface area contributed by atoms with Gasteiger partial charge in [0.15, 0.2) is 0 Å². The van der Waals surface area contributed by atoms with Crippen LogP contribution in [0.25, 0.3) is 0 Å². The van der Waals surface area contributed by atoms with Crippen LogP contribution in [0.3, 0.4) is 0 Å². The smallest absolute Gasteiger partial charge is 0.123 e. The third-order valence-corrected chi connectivity index (χ3v) is 3.66. The standard InChI is InChI=1S/C16H18BrFN2/c1-11(19)9-12-3-4-13(17)10-16(12)20(2)15-7-5-14(18)6-8-15/h3-8,10-11H,9,19H2,1-2H3. The summed E-state index contributed by atoms with van der Waals surface area (Å²) in [5.74, 6) is -0.229. The summed E-state index contributed by atoms with van der Waals surface area (Å²) in [6, 6.07) is 12.7. The van der Waals surface area contributed by atoms with E-state index < -0.39 is 0 Å². The molecule has 20 heavy (non-hydrogen) atoms. The molecular formula is C16H18BrFN2. The molecular weight excluding hydrogens is 319 g/mol. The number of hydrogen-bond acceptors (Lipinski definition) is 2. The van der Waals surface area contributed by atoms with E-state index in [9.17, 15) is 4.39 Å². The largest absolute Gasteiger partial charge is 0.344 e. The Morgan fingerprint density at radius 3 is 2.45 bits per heavy atom. The van der Waals surface area contributed by atoms with Gasteiger partial charge in [-0.1, -0.05) is 22.0 Å². The van der Waals surface area contributed by atoms with Gasteiger partial charge in [0, 0.05) is 28.9 Å². The molecule has 0 aliphatic rings. The monoisotopic (exact) mass is 336 g/mol. The SMILES string of the molecule is CC(N)Cc1ccc(Br)cc1N(C)c1ccc(F)cc1. The highest BCUT2D eigenvalue weighted by Gasteiger charge is 2.11. The molecule has 2 rings (SSSR count). The lowest BCUT2D eigenvalue weighted by Crippen LogP contribution is -2.20. The molecule has 106 valence electrons. The predicted molar refractivity (Wildman–Crippen MR) is 86.0 cm³/mol. The highest BCUT2D eigenvalue weighted by molar-refractivity contribution is 9.10. The summed E-state index contributed by atoms with van der Waals surface area (Å²) >= 11 is 3.50. The molecule has 0 bridgehead atoms. The van der Waals surface area contributed by atoms with Crippen molar-refractivity contribution in [1.82, 2.24) is 0 Å². The van der Waals surface area contributed by atoms with Crippen LogP contribution in [0.15, 0.2) is 46.9 Å². The van der Waals surface area contributed by atoms with Crippen LogP contribution < -0.4 is 10.6 Å². The van der Waals surface area contributed by atoms with Gasteiger partial charge in [0.1, 0.15) is 5.82 Å². The quantitative estimate of drug-likeness (QED) is 0.904. The highest BCUT2D eigenvalue weighted by Crippen LogP contribution is 2.30. The molecule has 0 aromatic heterocycles. The third kappa shape index (κ3) is 3.58. The van der Waals surface area contributed by atoms with Gasteiger partial charge in [0.25, 0.3) is 0 Å². The lowest BCUT2D eigenvalue weighted by atomic mass is 10.0. The van der Waals surface area contributed by atoms with E-state index in [1.807, 2.05) is 24.9 Å². The Bertz CT molecular complexity index is 582. The molecule has 2 N–H and O–H groups in total. The maximum Gasteiger partial charge on any atom is 0.123 e. The van der Waals surface area contributed by atoms with Crippen LogP contribution in [0, 0.1) is 5.82 Å². The van der Waals surface area contributed by atoms with Crippen LogP contribution >= 0.6 is 15.9 Å². The first-order valence-electron chi connectivity index (χ1n) is 6.50. The Hall–Kier alpha value is -1.39. The molecule has 0 spiro atoms. The number of nitrogens with zero attached hydrogens (tertiary/aromatic N) is 1. The average molecular weight is 337 g/mol. The van der Waals surface area contributed by atoms with E-state index in [1.165, 1.54) is 17.7 Å². The number of rotatable bonds is 4. The van der Waals surface area contributed by atoms with E-state index in [-0.39, 0.29) is 11.9 Å². The number of benzene rings is 2. The van der Waals surface area contributed by atoms with Crippen molar-refractivity contribution in [3.8, 4) is 0 Å².